The second-order valence-electron chi connectivity index (χ2n) is 4.96. The van der Waals surface area contributed by atoms with E-state index < -0.39 is 0 Å². The highest BCUT2D eigenvalue weighted by atomic mass is 16.5. The van der Waals surface area contributed by atoms with Crippen molar-refractivity contribution in [2.75, 3.05) is 17.7 Å². The van der Waals surface area contributed by atoms with Crippen LogP contribution in [0.4, 0.5) is 17.5 Å². The second-order valence-corrected chi connectivity index (χ2v) is 4.96. The van der Waals surface area contributed by atoms with Gasteiger partial charge in [0.2, 0.25) is 5.95 Å². The van der Waals surface area contributed by atoms with Gasteiger partial charge in [-0.1, -0.05) is 30.3 Å². The van der Waals surface area contributed by atoms with E-state index >= 15 is 0 Å². The van der Waals surface area contributed by atoms with Crippen molar-refractivity contribution in [1.29, 1.82) is 0 Å². The van der Waals surface area contributed by atoms with Gasteiger partial charge in [-0.3, -0.25) is 0 Å². The number of hydrogen-bond donors (Lipinski definition) is 2. The fourth-order valence-corrected chi connectivity index (χ4v) is 2.10. The van der Waals surface area contributed by atoms with E-state index in [1.807, 2.05) is 60.7 Å². The van der Waals surface area contributed by atoms with Crippen LogP contribution in [0.3, 0.4) is 0 Å². The summed E-state index contributed by atoms with van der Waals surface area (Å²) in [4.78, 5) is 8.69. The van der Waals surface area contributed by atoms with Crippen molar-refractivity contribution in [2.45, 2.75) is 6.54 Å². The van der Waals surface area contributed by atoms with Crippen LogP contribution in [0.25, 0.3) is 0 Å². The summed E-state index contributed by atoms with van der Waals surface area (Å²) < 4.78 is 5.15. The Balaban J connectivity index is 1.63. The molecular formula is C18H18N4O. The van der Waals surface area contributed by atoms with Gasteiger partial charge in [0.05, 0.1) is 7.11 Å². The summed E-state index contributed by atoms with van der Waals surface area (Å²) in [6, 6.07) is 19.6. The average Bonchev–Trinajstić information content (AvgIpc) is 2.62. The van der Waals surface area contributed by atoms with Crippen molar-refractivity contribution in [3.05, 3.63) is 72.4 Å². The molecule has 1 aromatic heterocycles. The molecule has 0 spiro atoms. The van der Waals surface area contributed by atoms with Crippen LogP contribution in [-0.2, 0) is 6.54 Å². The van der Waals surface area contributed by atoms with Gasteiger partial charge in [0.1, 0.15) is 11.6 Å². The van der Waals surface area contributed by atoms with E-state index in [9.17, 15) is 0 Å². The van der Waals surface area contributed by atoms with Crippen LogP contribution >= 0.6 is 0 Å². The Morgan fingerprint density at radius 1 is 0.957 bits per heavy atom. The van der Waals surface area contributed by atoms with Gasteiger partial charge < -0.3 is 15.4 Å². The number of hydrogen-bond acceptors (Lipinski definition) is 5. The van der Waals surface area contributed by atoms with Crippen molar-refractivity contribution >= 4 is 17.5 Å². The number of aromatic nitrogens is 2. The maximum absolute atomic E-state index is 5.15. The Bertz CT molecular complexity index is 744. The van der Waals surface area contributed by atoms with Gasteiger partial charge in [0.15, 0.2) is 0 Å². The standard InChI is InChI=1S/C18H18N4O/c1-23-16-9-7-14(8-10-16)13-20-17-11-12-19-18(22-17)21-15-5-3-2-4-6-15/h2-12H,13H2,1H3,(H2,19,20,21,22). The molecule has 5 nitrogen and oxygen atoms in total. The molecule has 0 saturated heterocycles. The minimum atomic E-state index is 0.566. The third-order valence-corrected chi connectivity index (χ3v) is 3.32. The maximum atomic E-state index is 5.15. The van der Waals surface area contributed by atoms with Gasteiger partial charge in [-0.25, -0.2) is 4.98 Å². The zero-order valence-corrected chi connectivity index (χ0v) is 12.9. The lowest BCUT2D eigenvalue weighted by Crippen LogP contribution is -2.04. The molecule has 3 rings (SSSR count). The summed E-state index contributed by atoms with van der Waals surface area (Å²) in [6.45, 7) is 0.686. The number of ether oxygens (including phenoxy) is 1. The fourth-order valence-electron chi connectivity index (χ4n) is 2.10. The predicted octanol–water partition coefficient (Wildman–Crippen LogP) is 3.84. The highest BCUT2D eigenvalue weighted by Crippen LogP contribution is 2.15. The molecule has 0 radical (unpaired) electrons. The number of anilines is 3. The lowest BCUT2D eigenvalue weighted by atomic mass is 10.2. The third kappa shape index (κ3) is 4.20. The summed E-state index contributed by atoms with van der Waals surface area (Å²) in [7, 11) is 1.66. The zero-order valence-electron chi connectivity index (χ0n) is 12.9. The molecule has 0 aliphatic heterocycles. The Kier molecular flexibility index (Phi) is 4.69. The summed E-state index contributed by atoms with van der Waals surface area (Å²) in [5, 5.41) is 6.47. The van der Waals surface area contributed by atoms with Crippen LogP contribution in [0.2, 0.25) is 0 Å². The number of methoxy groups -OCH3 is 1. The predicted molar refractivity (Wildman–Crippen MR) is 92.1 cm³/mol. The van der Waals surface area contributed by atoms with Gasteiger partial charge in [-0.15, -0.1) is 0 Å². The third-order valence-electron chi connectivity index (χ3n) is 3.32. The first-order chi connectivity index (χ1) is 11.3. The van der Waals surface area contributed by atoms with Gasteiger partial charge in [-0.05, 0) is 35.9 Å². The molecule has 23 heavy (non-hydrogen) atoms. The van der Waals surface area contributed by atoms with Crippen LogP contribution in [0.15, 0.2) is 66.9 Å². The molecule has 0 fully saturated rings. The van der Waals surface area contributed by atoms with E-state index in [0.29, 0.717) is 12.5 Å². The number of para-hydroxylation sites is 1. The molecule has 2 N–H and O–H groups in total. The van der Waals surface area contributed by atoms with Crippen LogP contribution < -0.4 is 15.4 Å². The molecule has 3 aromatic rings. The van der Waals surface area contributed by atoms with Crippen molar-refractivity contribution < 1.29 is 4.74 Å². The SMILES string of the molecule is COc1ccc(CNc2ccnc(Nc3ccccc3)n2)cc1. The minimum absolute atomic E-state index is 0.566. The minimum Gasteiger partial charge on any atom is -0.497 e. The van der Waals surface area contributed by atoms with Crippen molar-refractivity contribution in [2.24, 2.45) is 0 Å². The van der Waals surface area contributed by atoms with E-state index in [4.69, 9.17) is 4.74 Å². The quantitative estimate of drug-likeness (QED) is 0.724. The molecule has 116 valence electrons. The maximum Gasteiger partial charge on any atom is 0.229 e. The molecule has 0 saturated carbocycles. The molecule has 0 amide bonds. The van der Waals surface area contributed by atoms with E-state index in [1.165, 1.54) is 0 Å². The van der Waals surface area contributed by atoms with Gasteiger partial charge in [0.25, 0.3) is 0 Å². The van der Waals surface area contributed by atoms with Gasteiger partial charge >= 0.3 is 0 Å². The van der Waals surface area contributed by atoms with E-state index in [-0.39, 0.29) is 0 Å². The molecular weight excluding hydrogens is 288 g/mol. The molecule has 0 unspecified atom stereocenters. The first kappa shape index (κ1) is 14.8. The van der Waals surface area contributed by atoms with E-state index in [2.05, 4.69) is 20.6 Å². The van der Waals surface area contributed by atoms with Crippen molar-refractivity contribution in [3.8, 4) is 5.75 Å². The zero-order chi connectivity index (χ0) is 15.9. The largest absolute Gasteiger partial charge is 0.497 e. The van der Waals surface area contributed by atoms with Gasteiger partial charge in [-0.2, -0.15) is 4.98 Å². The highest BCUT2D eigenvalue weighted by molar-refractivity contribution is 5.54. The van der Waals surface area contributed by atoms with Crippen LogP contribution in [0.5, 0.6) is 5.75 Å². The topological polar surface area (TPSA) is 59.1 Å². The fraction of sp³-hybridized carbons (Fsp3) is 0.111. The lowest BCUT2D eigenvalue weighted by molar-refractivity contribution is 0.414. The van der Waals surface area contributed by atoms with Crippen LogP contribution in [-0.4, -0.2) is 17.1 Å². The van der Waals surface area contributed by atoms with E-state index in [1.54, 1.807) is 13.3 Å². The number of nitrogens with one attached hydrogen (secondary N) is 2. The molecule has 0 atom stereocenters. The normalized spacial score (nSPS) is 10.1. The Labute approximate surface area is 135 Å². The first-order valence-corrected chi connectivity index (χ1v) is 7.35. The first-order valence-electron chi connectivity index (χ1n) is 7.35. The molecule has 1 heterocycles. The molecule has 0 aliphatic rings. The Morgan fingerprint density at radius 2 is 1.74 bits per heavy atom. The molecule has 0 bridgehead atoms. The molecule has 5 heteroatoms. The summed E-state index contributed by atoms with van der Waals surface area (Å²) >= 11 is 0. The second kappa shape index (κ2) is 7.26. The number of benzene rings is 2. The monoisotopic (exact) mass is 306 g/mol. The van der Waals surface area contributed by atoms with Crippen LogP contribution in [0.1, 0.15) is 5.56 Å². The lowest BCUT2D eigenvalue weighted by Gasteiger charge is -2.09. The van der Waals surface area contributed by atoms with Crippen LogP contribution in [0, 0.1) is 0 Å². The van der Waals surface area contributed by atoms with Crippen molar-refractivity contribution in [1.82, 2.24) is 9.97 Å². The van der Waals surface area contributed by atoms with Crippen molar-refractivity contribution in [3.63, 3.8) is 0 Å². The smallest absolute Gasteiger partial charge is 0.229 e. The number of nitrogens with zero attached hydrogens (tertiary/aromatic N) is 2. The summed E-state index contributed by atoms with van der Waals surface area (Å²) in [6.07, 6.45) is 1.73. The van der Waals surface area contributed by atoms with E-state index in [0.717, 1.165) is 22.8 Å². The molecule has 0 aliphatic carbocycles. The Hall–Kier alpha value is -3.08. The highest BCUT2D eigenvalue weighted by Gasteiger charge is 2.00. The Morgan fingerprint density at radius 3 is 2.48 bits per heavy atom. The summed E-state index contributed by atoms with van der Waals surface area (Å²) in [5.41, 5.74) is 2.11. The van der Waals surface area contributed by atoms with Gasteiger partial charge in [0, 0.05) is 18.4 Å². The summed E-state index contributed by atoms with van der Waals surface area (Å²) in [5.74, 6) is 2.19. The average molecular weight is 306 g/mol. The molecule has 2 aromatic carbocycles. The number of rotatable bonds is 6.